The second-order valence-corrected chi connectivity index (χ2v) is 2.33. The molecule has 0 aliphatic heterocycles. The molecule has 0 spiro atoms. The van der Waals surface area contributed by atoms with Gasteiger partial charge in [0.05, 0.1) is 6.07 Å². The zero-order chi connectivity index (χ0) is 8.55. The molecule has 0 radical (unpaired) electrons. The van der Waals surface area contributed by atoms with Gasteiger partial charge >= 0.3 is 5.63 Å². The van der Waals surface area contributed by atoms with Crippen molar-refractivity contribution >= 4 is 0 Å². The molecule has 2 rings (SSSR count). The molecule has 0 amide bonds. The van der Waals surface area contributed by atoms with Crippen LogP contribution in [0, 0.1) is 6.92 Å². The molecular formula is C7H6N2O3. The van der Waals surface area contributed by atoms with Crippen molar-refractivity contribution in [2.75, 3.05) is 0 Å². The zero-order valence-corrected chi connectivity index (χ0v) is 6.33. The van der Waals surface area contributed by atoms with Gasteiger partial charge in [0.25, 0.3) is 0 Å². The molecule has 0 atom stereocenters. The van der Waals surface area contributed by atoms with Gasteiger partial charge in [-0.05, 0) is 0 Å². The molecule has 0 saturated heterocycles. The van der Waals surface area contributed by atoms with Gasteiger partial charge in [0.15, 0.2) is 5.89 Å². The molecule has 62 valence electrons. The molecule has 5 nitrogen and oxygen atoms in total. The van der Waals surface area contributed by atoms with Crippen LogP contribution in [0.4, 0.5) is 0 Å². The summed E-state index contributed by atoms with van der Waals surface area (Å²) in [5, 5.41) is 2.43. The van der Waals surface area contributed by atoms with Crippen molar-refractivity contribution in [2.24, 2.45) is 0 Å². The van der Waals surface area contributed by atoms with Crippen molar-refractivity contribution in [3.05, 3.63) is 28.6 Å². The third-order valence-corrected chi connectivity index (χ3v) is 1.42. The minimum atomic E-state index is -0.425. The maximum Gasteiger partial charge on any atom is 0.357 e. The summed E-state index contributed by atoms with van der Waals surface area (Å²) >= 11 is 0. The van der Waals surface area contributed by atoms with Crippen molar-refractivity contribution in [3.63, 3.8) is 0 Å². The van der Waals surface area contributed by atoms with Crippen LogP contribution in [-0.2, 0) is 0 Å². The van der Waals surface area contributed by atoms with E-state index in [1.54, 1.807) is 6.92 Å². The number of aromatic nitrogens is 2. The predicted molar refractivity (Wildman–Crippen MR) is 39.6 cm³/mol. The smallest absolute Gasteiger partial charge is 0.357 e. The van der Waals surface area contributed by atoms with E-state index in [0.29, 0.717) is 17.3 Å². The molecule has 5 heteroatoms. The summed E-state index contributed by atoms with van der Waals surface area (Å²) in [6.07, 6.45) is 1.45. The lowest BCUT2D eigenvalue weighted by molar-refractivity contribution is 0.393. The highest BCUT2D eigenvalue weighted by molar-refractivity contribution is 5.50. The van der Waals surface area contributed by atoms with Crippen molar-refractivity contribution in [3.8, 4) is 11.4 Å². The average Bonchev–Trinajstić information content (AvgIpc) is 2.58. The first-order valence-electron chi connectivity index (χ1n) is 3.37. The molecule has 0 aliphatic carbocycles. The number of H-pyrrole nitrogens is 1. The maximum absolute atomic E-state index is 10.6. The van der Waals surface area contributed by atoms with Gasteiger partial charge in [-0.2, -0.15) is 0 Å². The van der Waals surface area contributed by atoms with E-state index in [4.69, 9.17) is 4.42 Å². The molecule has 2 heterocycles. The van der Waals surface area contributed by atoms with Crippen molar-refractivity contribution in [2.45, 2.75) is 6.92 Å². The summed E-state index contributed by atoms with van der Waals surface area (Å²) in [6, 6.07) is 1.32. The fourth-order valence-corrected chi connectivity index (χ4v) is 0.895. The highest BCUT2D eigenvalue weighted by Gasteiger charge is 2.05. The first-order valence-corrected chi connectivity index (χ1v) is 3.37. The van der Waals surface area contributed by atoms with Crippen LogP contribution >= 0.6 is 0 Å². The van der Waals surface area contributed by atoms with E-state index in [2.05, 4.69) is 14.7 Å². The quantitative estimate of drug-likeness (QED) is 0.684. The maximum atomic E-state index is 10.6. The summed E-state index contributed by atoms with van der Waals surface area (Å²) in [4.78, 5) is 14.6. The average molecular weight is 166 g/mol. The SMILES string of the molecule is Cc1nc(-c2cc(=O)o[nH]2)co1. The molecule has 0 saturated carbocycles. The van der Waals surface area contributed by atoms with E-state index in [1.165, 1.54) is 12.3 Å². The van der Waals surface area contributed by atoms with Crippen LogP contribution in [0.2, 0.25) is 0 Å². The molecule has 0 unspecified atom stereocenters. The second-order valence-electron chi connectivity index (χ2n) is 2.33. The fraction of sp³-hybridized carbons (Fsp3) is 0.143. The van der Waals surface area contributed by atoms with Crippen LogP contribution in [-0.4, -0.2) is 10.1 Å². The Kier molecular flexibility index (Phi) is 1.36. The van der Waals surface area contributed by atoms with E-state index in [-0.39, 0.29) is 0 Å². The number of aromatic amines is 1. The molecule has 2 aromatic heterocycles. The largest absolute Gasteiger partial charge is 0.449 e. The molecule has 2 aromatic rings. The third kappa shape index (κ3) is 1.05. The lowest BCUT2D eigenvalue weighted by Crippen LogP contribution is -1.85. The Hall–Kier alpha value is -1.78. The Bertz CT molecular complexity index is 437. The Morgan fingerprint density at radius 3 is 2.92 bits per heavy atom. The van der Waals surface area contributed by atoms with Crippen LogP contribution in [0.5, 0.6) is 0 Å². The number of rotatable bonds is 1. The summed E-state index contributed by atoms with van der Waals surface area (Å²) in [7, 11) is 0. The first-order chi connectivity index (χ1) is 5.75. The van der Waals surface area contributed by atoms with Crippen molar-refractivity contribution in [1.82, 2.24) is 10.1 Å². The standard InChI is InChI=1S/C7H6N2O3/c1-4-8-6(3-11-4)5-2-7(10)12-9-5/h2-3,9H,1H3. The van der Waals surface area contributed by atoms with E-state index in [9.17, 15) is 4.79 Å². The van der Waals surface area contributed by atoms with Crippen molar-refractivity contribution < 1.29 is 8.94 Å². The van der Waals surface area contributed by atoms with E-state index >= 15 is 0 Å². The molecule has 0 aromatic carbocycles. The lowest BCUT2D eigenvalue weighted by atomic mass is 10.3. The van der Waals surface area contributed by atoms with Gasteiger partial charge in [-0.3, -0.25) is 0 Å². The number of aryl methyl sites for hydroxylation is 1. The monoisotopic (exact) mass is 166 g/mol. The fourth-order valence-electron chi connectivity index (χ4n) is 0.895. The second kappa shape index (κ2) is 2.37. The van der Waals surface area contributed by atoms with E-state index in [1.807, 2.05) is 0 Å². The molecule has 0 aliphatic rings. The molecule has 12 heavy (non-hydrogen) atoms. The van der Waals surface area contributed by atoms with Gasteiger partial charge in [0.2, 0.25) is 0 Å². The minimum absolute atomic E-state index is 0.425. The molecule has 0 bridgehead atoms. The molecule has 1 N–H and O–H groups in total. The number of oxazole rings is 1. The predicted octanol–water partition coefficient (Wildman–Crippen LogP) is 0.931. The van der Waals surface area contributed by atoms with Crippen LogP contribution < -0.4 is 5.63 Å². The van der Waals surface area contributed by atoms with Crippen LogP contribution in [0.3, 0.4) is 0 Å². The number of nitrogens with one attached hydrogen (secondary N) is 1. The van der Waals surface area contributed by atoms with Crippen LogP contribution in [0.25, 0.3) is 11.4 Å². The van der Waals surface area contributed by atoms with E-state index in [0.717, 1.165) is 0 Å². The van der Waals surface area contributed by atoms with Crippen molar-refractivity contribution in [1.29, 1.82) is 0 Å². The lowest BCUT2D eigenvalue weighted by Gasteiger charge is -1.81. The highest BCUT2D eigenvalue weighted by Crippen LogP contribution is 2.13. The summed E-state index contributed by atoms with van der Waals surface area (Å²) < 4.78 is 9.42. The van der Waals surface area contributed by atoms with Gasteiger partial charge in [0.1, 0.15) is 17.7 Å². The number of hydrogen-bond donors (Lipinski definition) is 1. The van der Waals surface area contributed by atoms with Crippen LogP contribution in [0.15, 0.2) is 26.1 Å². The van der Waals surface area contributed by atoms with Gasteiger partial charge < -0.3 is 8.94 Å². The molecular weight excluding hydrogens is 160 g/mol. The summed E-state index contributed by atoms with van der Waals surface area (Å²) in [6.45, 7) is 1.72. The number of nitrogens with zero attached hydrogens (tertiary/aromatic N) is 1. The summed E-state index contributed by atoms with van der Waals surface area (Å²) in [5.74, 6) is 0.548. The third-order valence-electron chi connectivity index (χ3n) is 1.42. The Morgan fingerprint density at radius 2 is 2.42 bits per heavy atom. The zero-order valence-electron chi connectivity index (χ0n) is 6.33. The van der Waals surface area contributed by atoms with E-state index < -0.39 is 5.63 Å². The Balaban J connectivity index is 2.50. The van der Waals surface area contributed by atoms with Gasteiger partial charge in [-0.1, -0.05) is 0 Å². The summed E-state index contributed by atoms with van der Waals surface area (Å²) in [5.41, 5.74) is 0.667. The van der Waals surface area contributed by atoms with Gasteiger partial charge in [0, 0.05) is 6.92 Å². The first kappa shape index (κ1) is 6.90. The Labute approximate surface area is 67.0 Å². The highest BCUT2D eigenvalue weighted by atomic mass is 16.5. The molecule has 0 fully saturated rings. The van der Waals surface area contributed by atoms with Crippen LogP contribution in [0.1, 0.15) is 5.89 Å². The number of hydrogen-bond acceptors (Lipinski definition) is 4. The topological polar surface area (TPSA) is 72.0 Å². The Morgan fingerprint density at radius 1 is 1.58 bits per heavy atom. The van der Waals surface area contributed by atoms with Gasteiger partial charge in [-0.15, -0.1) is 0 Å². The minimum Gasteiger partial charge on any atom is -0.449 e. The van der Waals surface area contributed by atoms with Gasteiger partial charge in [-0.25, -0.2) is 14.9 Å². The normalized spacial score (nSPS) is 10.4.